The topological polar surface area (TPSA) is 86.4 Å². The number of nitrogens with zero attached hydrogens (tertiary/aromatic N) is 8. The molecule has 0 amide bonds. The van der Waals surface area contributed by atoms with Crippen molar-refractivity contribution in [1.29, 1.82) is 0 Å². The van der Waals surface area contributed by atoms with Crippen LogP contribution < -0.4 is 0 Å². The Morgan fingerprint density at radius 2 is 0.523 bits per heavy atom. The Balaban J connectivity index is 0.000000240. The quantitative estimate of drug-likeness (QED) is 0.245. The minimum atomic E-state index is -4.45. The van der Waals surface area contributed by atoms with Gasteiger partial charge >= 0.3 is 277 Å². The molecular weight excluding hydrogens is 639 g/mol. The molecule has 0 unspecified atom stereocenters. The molecule has 2 spiro atoms. The van der Waals surface area contributed by atoms with Crippen LogP contribution in [0.15, 0.2) is 20.4 Å². The van der Waals surface area contributed by atoms with Crippen LogP contribution in [0.2, 0.25) is 0 Å². The molecule has 0 bridgehead atoms. The molecule has 16 heteroatoms. The van der Waals surface area contributed by atoms with Crippen molar-refractivity contribution in [3.63, 3.8) is 0 Å². The van der Waals surface area contributed by atoms with Gasteiger partial charge in [-0.3, -0.25) is 0 Å². The fraction of sp³-hybridized carbons (Fsp3) is 0.857. The van der Waals surface area contributed by atoms with E-state index in [4.69, 9.17) is 60.3 Å². The molecule has 4 rings (SSSR count). The second-order valence-corrected chi connectivity index (χ2v) is 33.5. The van der Waals surface area contributed by atoms with Crippen LogP contribution in [0.5, 0.6) is 0 Å². The van der Waals surface area contributed by atoms with Crippen LogP contribution in [0.3, 0.4) is 0 Å². The van der Waals surface area contributed by atoms with Crippen molar-refractivity contribution in [2.75, 3.05) is 56.4 Å². The number of quaternary nitrogens is 4. The summed E-state index contributed by atoms with van der Waals surface area (Å²) in [5.74, 6) is 2.53. The third-order valence-corrected chi connectivity index (χ3v) is 27.4. The van der Waals surface area contributed by atoms with E-state index in [1.165, 1.54) is 0 Å². The molecule has 12 nitrogen and oxygen atoms in total. The molecule has 4 heterocycles. The van der Waals surface area contributed by atoms with E-state index in [0.29, 0.717) is 23.6 Å². The molecule has 0 saturated carbocycles. The summed E-state index contributed by atoms with van der Waals surface area (Å²) in [6, 6.07) is 0. The van der Waals surface area contributed by atoms with Gasteiger partial charge in [0.05, 0.1) is 0 Å². The van der Waals surface area contributed by atoms with E-state index in [9.17, 15) is 0 Å². The standard InChI is InChI=1S/2C14H31ClN4O2Si/c2*1-13(2,3)11-16-18(7,8)22(15,20-11)19(9,10)17-12(21-22)14(4,5)6/h2*22H,1-10H3. The molecule has 4 aliphatic rings. The van der Waals surface area contributed by atoms with Gasteiger partial charge in [-0.25, -0.2) is 0 Å². The van der Waals surface area contributed by atoms with Gasteiger partial charge in [0.2, 0.25) is 0 Å². The normalized spacial score (nSPS) is 29.9. The van der Waals surface area contributed by atoms with E-state index in [2.05, 4.69) is 83.1 Å². The van der Waals surface area contributed by atoms with Gasteiger partial charge in [0.1, 0.15) is 0 Å². The predicted molar refractivity (Wildman–Crippen MR) is 186 cm³/mol. The van der Waals surface area contributed by atoms with Crippen molar-refractivity contribution in [1.82, 2.24) is 0 Å². The molecular formula is C28H62Cl2N8O4Si2. The van der Waals surface area contributed by atoms with E-state index >= 15 is 0 Å². The first-order valence-corrected chi connectivity index (χ1v) is 22.9. The zero-order valence-electron chi connectivity index (χ0n) is 31.1. The summed E-state index contributed by atoms with van der Waals surface area (Å²) in [4.78, 5) is 0. The average molecular weight is 702 g/mol. The number of rotatable bonds is 0. The number of halogens is 2. The van der Waals surface area contributed by atoms with E-state index in [1.54, 1.807) is 0 Å². The van der Waals surface area contributed by atoms with Crippen LogP contribution >= 0.6 is 22.2 Å². The van der Waals surface area contributed by atoms with Gasteiger partial charge in [-0.1, -0.05) is 0 Å². The molecule has 0 aromatic carbocycles. The first-order valence-electron chi connectivity index (χ1n) is 15.5. The zero-order chi connectivity index (χ0) is 34.9. The van der Waals surface area contributed by atoms with Gasteiger partial charge in [0.25, 0.3) is 0 Å². The Morgan fingerprint density at radius 3 is 0.614 bits per heavy atom. The van der Waals surface area contributed by atoms with Crippen molar-refractivity contribution < 1.29 is 34.7 Å². The zero-order valence-corrected chi connectivity index (χ0v) is 34.9. The molecule has 260 valence electrons. The summed E-state index contributed by atoms with van der Waals surface area (Å²) < 4.78 is 26.2. The molecule has 0 aromatic heterocycles. The second kappa shape index (κ2) is 9.20. The molecule has 4 aliphatic heterocycles. The summed E-state index contributed by atoms with van der Waals surface area (Å²) in [6.07, 6.45) is 0. The Labute approximate surface area is 276 Å². The Bertz CT molecular complexity index is 1170. The monoisotopic (exact) mass is 700 g/mol. The first kappa shape index (κ1) is 37.2. The van der Waals surface area contributed by atoms with E-state index in [0.717, 1.165) is 0 Å². The fourth-order valence-electron chi connectivity index (χ4n) is 5.93. The van der Waals surface area contributed by atoms with Crippen LogP contribution in [0.25, 0.3) is 0 Å². The second-order valence-electron chi connectivity index (χ2n) is 19.0. The minimum absolute atomic E-state index is 0.138. The van der Waals surface area contributed by atoms with Crippen molar-refractivity contribution in [2.45, 2.75) is 83.1 Å². The number of hydrogen-bond donors (Lipinski definition) is 0. The SMILES string of the molecule is CC(C)(C)C1=N[N+](C)(C)[SiH-2]2(Cl)(O1)OC(C(C)(C)C)=N[N+]2(C)C.CC(C)(C)C1=N[N+](C)(C)[SiH-2]2(Cl)(O1)OC(C(C)(C)C)=N[N+]2(C)C. The molecule has 0 aliphatic carbocycles. The van der Waals surface area contributed by atoms with E-state index in [1.807, 2.05) is 56.4 Å². The van der Waals surface area contributed by atoms with Gasteiger partial charge in [-0.15, -0.1) is 0 Å². The molecule has 0 radical (unpaired) electrons. The summed E-state index contributed by atoms with van der Waals surface area (Å²) >= 11 is 14.6. The van der Waals surface area contributed by atoms with Gasteiger partial charge in [0, 0.05) is 0 Å². The van der Waals surface area contributed by atoms with Crippen LogP contribution in [-0.2, 0) is 17.7 Å². The molecule has 0 fully saturated rings. The summed E-state index contributed by atoms with van der Waals surface area (Å²) in [5.41, 5.74) is -0.957. The van der Waals surface area contributed by atoms with Crippen LogP contribution in [-0.4, -0.2) is 112 Å². The van der Waals surface area contributed by atoms with Gasteiger partial charge in [0.15, 0.2) is 0 Å². The van der Waals surface area contributed by atoms with Gasteiger partial charge in [-0.05, 0) is 0 Å². The number of hydrogen-bond acceptors (Lipinski definition) is 8. The van der Waals surface area contributed by atoms with Crippen LogP contribution in [0.1, 0.15) is 83.1 Å². The molecule has 0 N–H and O–H groups in total. The van der Waals surface area contributed by atoms with Crippen molar-refractivity contribution >= 4 is 60.7 Å². The van der Waals surface area contributed by atoms with Gasteiger partial charge < -0.3 is 0 Å². The Kier molecular flexibility index (Phi) is 7.78. The maximum atomic E-state index is 7.29. The van der Waals surface area contributed by atoms with Gasteiger partial charge in [-0.2, -0.15) is 0 Å². The molecule has 0 aromatic rings. The molecule has 0 saturated heterocycles. The van der Waals surface area contributed by atoms with Crippen LogP contribution in [0.4, 0.5) is 0 Å². The average Bonchev–Trinajstić information content (AvgIpc) is 3.30. The third kappa shape index (κ3) is 4.89. The first-order chi connectivity index (χ1) is 18.9. The van der Waals surface area contributed by atoms with Crippen molar-refractivity contribution in [2.24, 2.45) is 42.1 Å². The van der Waals surface area contributed by atoms with Crippen molar-refractivity contribution in [3.05, 3.63) is 0 Å². The third-order valence-electron chi connectivity index (χ3n) is 9.35. The Morgan fingerprint density at radius 1 is 0.386 bits per heavy atom. The molecule has 44 heavy (non-hydrogen) atoms. The fourth-order valence-corrected chi connectivity index (χ4v) is 16.7. The summed E-state index contributed by atoms with van der Waals surface area (Å²) in [6.45, 7) is 24.7. The summed E-state index contributed by atoms with van der Waals surface area (Å²) in [7, 11) is 6.62. The van der Waals surface area contributed by atoms with Crippen molar-refractivity contribution in [3.8, 4) is 0 Å². The summed E-state index contributed by atoms with van der Waals surface area (Å²) in [5, 5.41) is 19.1. The van der Waals surface area contributed by atoms with E-state index in [-0.39, 0.29) is 38.7 Å². The molecule has 0 atom stereocenters. The van der Waals surface area contributed by atoms with Crippen LogP contribution in [0, 0.1) is 21.7 Å². The maximum absolute atomic E-state index is 7.29. The van der Waals surface area contributed by atoms with E-state index < -0.39 is 14.9 Å². The predicted octanol–water partition coefficient (Wildman–Crippen LogP) is 5.55. The Hall–Kier alpha value is -1.27.